The highest BCUT2D eigenvalue weighted by atomic mass is 35.5. The van der Waals surface area contributed by atoms with Crippen LogP contribution >= 0.6 is 0 Å². The second-order valence-electron chi connectivity index (χ2n) is 7.77. The summed E-state index contributed by atoms with van der Waals surface area (Å²) in [5.74, 6) is 0. The average molecular weight is 405 g/mol. The fourth-order valence-corrected chi connectivity index (χ4v) is 4.48. The smallest absolute Gasteiger partial charge is 0.131 e. The number of hydrogen-bond acceptors (Lipinski definition) is 2. The highest BCUT2D eigenvalue weighted by Gasteiger charge is 2.28. The molecule has 0 amide bonds. The number of nitrogens with zero attached hydrogens (tertiary/aromatic N) is 1. The molecule has 29 heavy (non-hydrogen) atoms. The zero-order valence-corrected chi connectivity index (χ0v) is 17.0. The van der Waals surface area contributed by atoms with Crippen molar-refractivity contribution in [3.8, 4) is 11.3 Å². The Balaban J connectivity index is 0.00000205. The molecule has 1 aliphatic rings. The van der Waals surface area contributed by atoms with Gasteiger partial charge in [0.1, 0.15) is 12.1 Å². The van der Waals surface area contributed by atoms with Crippen LogP contribution in [0.15, 0.2) is 72.8 Å². The predicted octanol–water partition coefficient (Wildman–Crippen LogP) is 1.21. The maximum atomic E-state index is 11.3. The van der Waals surface area contributed by atoms with E-state index in [0.717, 1.165) is 46.1 Å². The van der Waals surface area contributed by atoms with Gasteiger partial charge in [0.25, 0.3) is 0 Å². The van der Waals surface area contributed by atoms with Gasteiger partial charge in [-0.2, -0.15) is 0 Å². The molecular weight excluding hydrogens is 380 g/mol. The van der Waals surface area contributed by atoms with E-state index in [-0.39, 0.29) is 18.4 Å². The number of aromatic nitrogens is 1. The molecule has 4 heteroatoms. The SMILES string of the molecule is O[C@@H](c1cc(-c2ccccc2)nc2c1ccc1ccccc12)[C@H]1CCCC[NH2+]1.[Cl-]. The van der Waals surface area contributed by atoms with Crippen molar-refractivity contribution in [2.24, 2.45) is 0 Å². The van der Waals surface area contributed by atoms with E-state index >= 15 is 0 Å². The summed E-state index contributed by atoms with van der Waals surface area (Å²) in [6.07, 6.45) is 2.99. The molecule has 0 bridgehead atoms. The lowest BCUT2D eigenvalue weighted by molar-refractivity contribution is -0.705. The highest BCUT2D eigenvalue weighted by Crippen LogP contribution is 2.34. The number of pyridine rings is 1. The molecule has 3 N–H and O–H groups in total. The third-order valence-electron chi connectivity index (χ3n) is 5.99. The summed E-state index contributed by atoms with van der Waals surface area (Å²) in [4.78, 5) is 5.04. The minimum atomic E-state index is -0.491. The molecule has 5 rings (SSSR count). The number of fused-ring (bicyclic) bond motifs is 3. The summed E-state index contributed by atoms with van der Waals surface area (Å²) in [6.45, 7) is 1.10. The number of quaternary nitrogens is 1. The predicted molar refractivity (Wildman–Crippen MR) is 114 cm³/mol. The monoisotopic (exact) mass is 404 g/mol. The van der Waals surface area contributed by atoms with Gasteiger partial charge in [-0.25, -0.2) is 4.98 Å². The quantitative estimate of drug-likeness (QED) is 0.504. The van der Waals surface area contributed by atoms with Gasteiger partial charge in [0.2, 0.25) is 0 Å². The molecule has 3 nitrogen and oxygen atoms in total. The van der Waals surface area contributed by atoms with Gasteiger partial charge >= 0.3 is 0 Å². The van der Waals surface area contributed by atoms with Crippen LogP contribution in [0.25, 0.3) is 32.9 Å². The molecule has 1 fully saturated rings. The molecule has 0 saturated carbocycles. The van der Waals surface area contributed by atoms with Crippen molar-refractivity contribution in [3.05, 3.63) is 78.4 Å². The first kappa shape index (κ1) is 19.8. The van der Waals surface area contributed by atoms with E-state index < -0.39 is 6.10 Å². The Morgan fingerprint density at radius 3 is 2.48 bits per heavy atom. The van der Waals surface area contributed by atoms with Crippen molar-refractivity contribution < 1.29 is 22.8 Å². The van der Waals surface area contributed by atoms with Gasteiger partial charge in [0.05, 0.1) is 17.8 Å². The summed E-state index contributed by atoms with van der Waals surface area (Å²) >= 11 is 0. The van der Waals surface area contributed by atoms with Crippen LogP contribution in [-0.4, -0.2) is 22.7 Å². The van der Waals surface area contributed by atoms with E-state index in [1.165, 1.54) is 18.2 Å². The normalized spacial score (nSPS) is 17.8. The Hall–Kier alpha value is -2.46. The first-order valence-corrected chi connectivity index (χ1v) is 10.2. The van der Waals surface area contributed by atoms with Crippen LogP contribution in [0.1, 0.15) is 30.9 Å². The van der Waals surface area contributed by atoms with Crippen LogP contribution in [-0.2, 0) is 0 Å². The lowest BCUT2D eigenvalue weighted by Crippen LogP contribution is -3.00. The number of nitrogens with two attached hydrogens (primary N) is 1. The van der Waals surface area contributed by atoms with Crippen molar-refractivity contribution in [1.82, 2.24) is 4.98 Å². The number of halogens is 1. The Labute approximate surface area is 177 Å². The van der Waals surface area contributed by atoms with E-state index in [2.05, 4.69) is 59.9 Å². The molecule has 0 unspecified atom stereocenters. The highest BCUT2D eigenvalue weighted by molar-refractivity contribution is 6.07. The van der Waals surface area contributed by atoms with E-state index in [1.54, 1.807) is 0 Å². The van der Waals surface area contributed by atoms with Crippen molar-refractivity contribution >= 4 is 21.7 Å². The molecule has 1 saturated heterocycles. The molecule has 1 aliphatic heterocycles. The summed E-state index contributed by atoms with van der Waals surface area (Å²) in [7, 11) is 0. The lowest BCUT2D eigenvalue weighted by Gasteiger charge is -2.26. The molecule has 0 radical (unpaired) electrons. The molecule has 0 spiro atoms. The number of piperidine rings is 1. The summed E-state index contributed by atoms with van der Waals surface area (Å²) in [6, 6.07) is 25.2. The standard InChI is InChI=1S/C25H24N2O.ClH/c28-25(22-12-6-7-15-26-22)21-16-23(18-9-2-1-3-10-18)27-24-19-11-5-4-8-17(19)13-14-20(21)24;/h1-5,8-11,13-14,16,22,25-26,28H,6-7,12,15H2;1H/t22-,25+;/m1./s1. The second-order valence-corrected chi connectivity index (χ2v) is 7.77. The zero-order chi connectivity index (χ0) is 18.9. The van der Waals surface area contributed by atoms with Crippen LogP contribution in [0.4, 0.5) is 0 Å². The summed E-state index contributed by atoms with van der Waals surface area (Å²) in [5.41, 5.74) is 3.98. The van der Waals surface area contributed by atoms with Crippen molar-refractivity contribution in [1.29, 1.82) is 0 Å². The van der Waals surface area contributed by atoms with Gasteiger partial charge in [-0.1, -0.05) is 66.7 Å². The largest absolute Gasteiger partial charge is 1.00 e. The fourth-order valence-electron chi connectivity index (χ4n) is 4.48. The molecule has 148 valence electrons. The summed E-state index contributed by atoms with van der Waals surface area (Å²) < 4.78 is 0. The van der Waals surface area contributed by atoms with E-state index in [4.69, 9.17) is 4.98 Å². The van der Waals surface area contributed by atoms with Crippen LogP contribution in [0.2, 0.25) is 0 Å². The maximum Gasteiger partial charge on any atom is 0.131 e. The number of aliphatic hydroxyl groups is 1. The topological polar surface area (TPSA) is 49.7 Å². The molecule has 4 aromatic rings. The molecule has 2 heterocycles. The van der Waals surface area contributed by atoms with Gasteiger partial charge in [0, 0.05) is 22.8 Å². The minimum Gasteiger partial charge on any atom is -1.00 e. The molecular formula is C25H25ClN2O. The maximum absolute atomic E-state index is 11.3. The van der Waals surface area contributed by atoms with E-state index in [0.29, 0.717) is 0 Å². The third-order valence-corrected chi connectivity index (χ3v) is 5.99. The third kappa shape index (κ3) is 3.74. The van der Waals surface area contributed by atoms with Gasteiger partial charge in [-0.05, 0) is 29.9 Å². The summed E-state index contributed by atoms with van der Waals surface area (Å²) in [5, 5.41) is 17.0. The Bertz CT molecular complexity index is 1120. The molecule has 1 aromatic heterocycles. The second kappa shape index (κ2) is 8.50. The number of hydrogen-bond donors (Lipinski definition) is 2. The van der Waals surface area contributed by atoms with Crippen molar-refractivity contribution in [2.45, 2.75) is 31.4 Å². The number of rotatable bonds is 3. The van der Waals surface area contributed by atoms with Gasteiger partial charge < -0.3 is 22.8 Å². The Morgan fingerprint density at radius 1 is 0.897 bits per heavy atom. The first-order chi connectivity index (χ1) is 13.8. The fraction of sp³-hybridized carbons (Fsp3) is 0.240. The van der Waals surface area contributed by atoms with Crippen molar-refractivity contribution in [3.63, 3.8) is 0 Å². The van der Waals surface area contributed by atoms with Gasteiger partial charge in [0.15, 0.2) is 0 Å². The van der Waals surface area contributed by atoms with Crippen LogP contribution < -0.4 is 17.7 Å². The molecule has 3 aromatic carbocycles. The Morgan fingerprint density at radius 2 is 1.69 bits per heavy atom. The van der Waals surface area contributed by atoms with Crippen LogP contribution in [0.3, 0.4) is 0 Å². The lowest BCUT2D eigenvalue weighted by atomic mass is 9.91. The minimum absolute atomic E-state index is 0. The molecule has 2 atom stereocenters. The van der Waals surface area contributed by atoms with E-state index in [1.807, 2.05) is 18.2 Å². The van der Waals surface area contributed by atoms with Crippen LogP contribution in [0.5, 0.6) is 0 Å². The average Bonchev–Trinajstić information content (AvgIpc) is 2.79. The Kier molecular flexibility index (Phi) is 5.81. The van der Waals surface area contributed by atoms with Gasteiger partial charge in [-0.3, -0.25) is 0 Å². The number of benzene rings is 3. The van der Waals surface area contributed by atoms with Crippen LogP contribution in [0, 0.1) is 0 Å². The van der Waals surface area contributed by atoms with E-state index in [9.17, 15) is 5.11 Å². The molecule has 0 aliphatic carbocycles. The van der Waals surface area contributed by atoms with Gasteiger partial charge in [-0.15, -0.1) is 0 Å². The van der Waals surface area contributed by atoms with Crippen molar-refractivity contribution in [2.75, 3.05) is 6.54 Å². The zero-order valence-electron chi connectivity index (χ0n) is 16.3. The number of aliphatic hydroxyl groups excluding tert-OH is 1. The first-order valence-electron chi connectivity index (χ1n) is 10.2.